The summed E-state index contributed by atoms with van der Waals surface area (Å²) < 4.78 is 1.76. The SMILES string of the molecule is Cc1cn(C2CCN(C)CC2)nc1[N+](=O)[O-]. The van der Waals surface area contributed by atoms with Crippen molar-refractivity contribution in [2.75, 3.05) is 20.1 Å². The largest absolute Gasteiger partial charge is 0.392 e. The zero-order valence-electron chi connectivity index (χ0n) is 9.59. The van der Waals surface area contributed by atoms with E-state index < -0.39 is 4.92 Å². The average molecular weight is 224 g/mol. The lowest BCUT2D eigenvalue weighted by molar-refractivity contribution is -0.390. The highest BCUT2D eigenvalue weighted by Gasteiger charge is 2.25. The smallest absolute Gasteiger partial charge is 0.358 e. The molecule has 0 N–H and O–H groups in total. The lowest BCUT2D eigenvalue weighted by atomic mass is 10.1. The molecule has 0 aromatic carbocycles. The third-order valence-corrected chi connectivity index (χ3v) is 3.12. The van der Waals surface area contributed by atoms with Gasteiger partial charge in [-0.25, -0.2) is 0 Å². The van der Waals surface area contributed by atoms with Crippen molar-refractivity contribution < 1.29 is 4.92 Å². The Morgan fingerprint density at radius 3 is 2.62 bits per heavy atom. The molecule has 6 nitrogen and oxygen atoms in total. The number of aryl methyl sites for hydroxylation is 1. The minimum absolute atomic E-state index is 0.0149. The fraction of sp³-hybridized carbons (Fsp3) is 0.700. The van der Waals surface area contributed by atoms with Gasteiger partial charge in [-0.15, -0.1) is 0 Å². The molecule has 1 aliphatic rings. The topological polar surface area (TPSA) is 64.2 Å². The van der Waals surface area contributed by atoms with Crippen molar-refractivity contribution >= 4 is 5.82 Å². The van der Waals surface area contributed by atoms with Crippen LogP contribution in [0.2, 0.25) is 0 Å². The van der Waals surface area contributed by atoms with Crippen LogP contribution >= 0.6 is 0 Å². The molecule has 1 fully saturated rings. The molecule has 1 aliphatic heterocycles. The molecule has 2 rings (SSSR count). The fourth-order valence-corrected chi connectivity index (χ4v) is 2.10. The second kappa shape index (κ2) is 4.21. The Morgan fingerprint density at radius 2 is 2.12 bits per heavy atom. The number of likely N-dealkylation sites (tertiary alicyclic amines) is 1. The maximum atomic E-state index is 10.7. The molecule has 1 aromatic heterocycles. The van der Waals surface area contributed by atoms with Gasteiger partial charge in [0.1, 0.15) is 0 Å². The molecule has 0 saturated carbocycles. The first-order chi connectivity index (χ1) is 7.58. The van der Waals surface area contributed by atoms with Crippen LogP contribution < -0.4 is 0 Å². The Morgan fingerprint density at radius 1 is 1.50 bits per heavy atom. The van der Waals surface area contributed by atoms with Crippen LogP contribution in [0, 0.1) is 17.0 Å². The predicted molar refractivity (Wildman–Crippen MR) is 59.4 cm³/mol. The van der Waals surface area contributed by atoms with E-state index >= 15 is 0 Å². The molecule has 0 spiro atoms. The summed E-state index contributed by atoms with van der Waals surface area (Å²) in [5.74, 6) is -0.0149. The van der Waals surface area contributed by atoms with Crippen LogP contribution in [0.15, 0.2) is 6.20 Å². The van der Waals surface area contributed by atoms with Crippen LogP contribution in [0.4, 0.5) is 5.82 Å². The second-order valence-electron chi connectivity index (χ2n) is 4.41. The van der Waals surface area contributed by atoms with E-state index in [0.717, 1.165) is 25.9 Å². The van der Waals surface area contributed by atoms with Gasteiger partial charge in [-0.1, -0.05) is 0 Å². The molecule has 88 valence electrons. The van der Waals surface area contributed by atoms with E-state index in [1.807, 2.05) is 0 Å². The van der Waals surface area contributed by atoms with Crippen LogP contribution in [0.5, 0.6) is 0 Å². The number of hydrogen-bond acceptors (Lipinski definition) is 4. The zero-order valence-corrected chi connectivity index (χ0v) is 9.59. The van der Waals surface area contributed by atoms with Gasteiger partial charge in [0.15, 0.2) is 0 Å². The van der Waals surface area contributed by atoms with Gasteiger partial charge < -0.3 is 15.0 Å². The lowest BCUT2D eigenvalue weighted by Gasteiger charge is -2.27. The first-order valence-electron chi connectivity index (χ1n) is 5.46. The summed E-state index contributed by atoms with van der Waals surface area (Å²) in [4.78, 5) is 12.5. The second-order valence-corrected chi connectivity index (χ2v) is 4.41. The summed E-state index contributed by atoms with van der Waals surface area (Å²) in [7, 11) is 2.09. The summed E-state index contributed by atoms with van der Waals surface area (Å²) in [6, 6.07) is 0.309. The van der Waals surface area contributed by atoms with Gasteiger partial charge in [-0.2, -0.15) is 4.68 Å². The zero-order chi connectivity index (χ0) is 11.7. The van der Waals surface area contributed by atoms with Gasteiger partial charge in [-0.3, -0.25) is 0 Å². The molecule has 1 saturated heterocycles. The van der Waals surface area contributed by atoms with Crippen molar-refractivity contribution in [3.63, 3.8) is 0 Å². The van der Waals surface area contributed by atoms with Crippen LogP contribution in [0.3, 0.4) is 0 Å². The molecular weight excluding hydrogens is 208 g/mol. The Kier molecular flexibility index (Phi) is 2.91. The van der Waals surface area contributed by atoms with Crippen molar-refractivity contribution in [1.29, 1.82) is 0 Å². The molecule has 2 heterocycles. The van der Waals surface area contributed by atoms with E-state index in [9.17, 15) is 10.1 Å². The van der Waals surface area contributed by atoms with Crippen LogP contribution in [0.25, 0.3) is 0 Å². The third-order valence-electron chi connectivity index (χ3n) is 3.12. The van der Waals surface area contributed by atoms with Crippen molar-refractivity contribution in [2.45, 2.75) is 25.8 Å². The first-order valence-corrected chi connectivity index (χ1v) is 5.46. The van der Waals surface area contributed by atoms with Crippen LogP contribution in [-0.2, 0) is 0 Å². The molecule has 0 bridgehead atoms. The van der Waals surface area contributed by atoms with E-state index in [0.29, 0.717) is 11.6 Å². The van der Waals surface area contributed by atoms with Gasteiger partial charge in [0.2, 0.25) is 0 Å². The maximum absolute atomic E-state index is 10.7. The fourth-order valence-electron chi connectivity index (χ4n) is 2.10. The average Bonchev–Trinajstić information content (AvgIpc) is 2.61. The maximum Gasteiger partial charge on any atom is 0.392 e. The molecular formula is C10H16N4O2. The van der Waals surface area contributed by atoms with Crippen LogP contribution in [0.1, 0.15) is 24.4 Å². The van der Waals surface area contributed by atoms with Gasteiger partial charge in [0.25, 0.3) is 0 Å². The van der Waals surface area contributed by atoms with Crippen molar-refractivity contribution in [2.24, 2.45) is 0 Å². The van der Waals surface area contributed by atoms with Gasteiger partial charge in [-0.05, 0) is 44.8 Å². The summed E-state index contributed by atoms with van der Waals surface area (Å²) in [6.07, 6.45) is 3.80. The minimum Gasteiger partial charge on any atom is -0.358 e. The Labute approximate surface area is 94.0 Å². The normalized spacial score (nSPS) is 18.9. The highest BCUT2D eigenvalue weighted by molar-refractivity contribution is 5.28. The highest BCUT2D eigenvalue weighted by Crippen LogP contribution is 2.24. The standard InChI is InChI=1S/C10H16N4O2/c1-8-7-13(11-10(8)14(15)16)9-3-5-12(2)6-4-9/h7,9H,3-6H2,1-2H3. The number of aromatic nitrogens is 2. The summed E-state index contributed by atoms with van der Waals surface area (Å²) in [6.45, 7) is 3.78. The molecule has 0 unspecified atom stereocenters. The molecule has 0 radical (unpaired) electrons. The molecule has 0 atom stereocenters. The van der Waals surface area contributed by atoms with Gasteiger partial charge >= 0.3 is 5.82 Å². The number of nitrogens with zero attached hydrogens (tertiary/aromatic N) is 4. The summed E-state index contributed by atoms with van der Waals surface area (Å²) >= 11 is 0. The number of piperidine rings is 1. The predicted octanol–water partition coefficient (Wildman–Crippen LogP) is 1.37. The number of rotatable bonds is 2. The summed E-state index contributed by atoms with van der Waals surface area (Å²) in [5, 5.41) is 14.7. The molecule has 0 amide bonds. The molecule has 6 heteroatoms. The molecule has 1 aromatic rings. The van der Waals surface area contributed by atoms with E-state index in [2.05, 4.69) is 17.0 Å². The van der Waals surface area contributed by atoms with Crippen LogP contribution in [-0.4, -0.2) is 39.7 Å². The van der Waals surface area contributed by atoms with E-state index in [-0.39, 0.29) is 5.82 Å². The first kappa shape index (κ1) is 11.1. The molecule has 16 heavy (non-hydrogen) atoms. The highest BCUT2D eigenvalue weighted by atomic mass is 16.6. The Hall–Kier alpha value is -1.43. The Bertz CT molecular complexity index is 394. The number of nitro groups is 1. The van der Waals surface area contributed by atoms with Crippen molar-refractivity contribution in [3.05, 3.63) is 21.9 Å². The quantitative estimate of drug-likeness (QED) is 0.562. The van der Waals surface area contributed by atoms with Gasteiger partial charge in [0, 0.05) is 0 Å². The Balaban J connectivity index is 2.15. The van der Waals surface area contributed by atoms with E-state index in [1.165, 1.54) is 0 Å². The third kappa shape index (κ3) is 2.06. The molecule has 0 aliphatic carbocycles. The van der Waals surface area contributed by atoms with Crippen molar-refractivity contribution in [1.82, 2.24) is 14.7 Å². The van der Waals surface area contributed by atoms with Crippen molar-refractivity contribution in [3.8, 4) is 0 Å². The van der Waals surface area contributed by atoms with E-state index in [4.69, 9.17) is 0 Å². The van der Waals surface area contributed by atoms with E-state index in [1.54, 1.807) is 17.8 Å². The van der Waals surface area contributed by atoms with Gasteiger partial charge in [0.05, 0.1) is 22.9 Å². The minimum atomic E-state index is -0.416. The summed E-state index contributed by atoms with van der Waals surface area (Å²) in [5.41, 5.74) is 0.643. The lowest BCUT2D eigenvalue weighted by Crippen LogP contribution is -2.31. The number of hydrogen-bond donors (Lipinski definition) is 0. The monoisotopic (exact) mass is 224 g/mol.